The van der Waals surface area contributed by atoms with E-state index >= 15 is 0 Å². The van der Waals surface area contributed by atoms with Gasteiger partial charge in [0.2, 0.25) is 0 Å². The molecule has 1 rings (SSSR count). The van der Waals surface area contributed by atoms with Gasteiger partial charge < -0.3 is 10.2 Å². The predicted octanol–water partition coefficient (Wildman–Crippen LogP) is 3.06. The van der Waals surface area contributed by atoms with Crippen LogP contribution in [0.25, 0.3) is 0 Å². The summed E-state index contributed by atoms with van der Waals surface area (Å²) in [4.78, 5) is 0. The fourth-order valence-corrected chi connectivity index (χ4v) is 2.01. The molecule has 0 aliphatic rings. The third-order valence-corrected chi connectivity index (χ3v) is 3.05. The summed E-state index contributed by atoms with van der Waals surface area (Å²) in [5.41, 5.74) is 1.07. The van der Waals surface area contributed by atoms with Crippen LogP contribution in [0.2, 0.25) is 10.0 Å². The highest BCUT2D eigenvalue weighted by Gasteiger charge is 2.03. The summed E-state index contributed by atoms with van der Waals surface area (Å²) in [6, 6.07) is 5.49. The second-order valence-electron chi connectivity index (χ2n) is 3.82. The number of aliphatic hydroxyl groups is 2. The standard InChI is InChI=1S/C12H16Cl2O2/c13-10-6-5-9(12(14)7-10)3-1-2-4-11(16)8-15/h5-7,11,15-16H,1-4,8H2/t11-/m1/s1. The first kappa shape index (κ1) is 13.8. The molecule has 0 aliphatic heterocycles. The lowest BCUT2D eigenvalue weighted by molar-refractivity contribution is 0.0862. The molecule has 2 nitrogen and oxygen atoms in total. The predicted molar refractivity (Wildman–Crippen MR) is 67.1 cm³/mol. The number of unbranched alkanes of at least 4 members (excludes halogenated alkanes) is 1. The Bertz CT molecular complexity index is 329. The van der Waals surface area contributed by atoms with Crippen molar-refractivity contribution in [1.82, 2.24) is 0 Å². The molecule has 0 saturated heterocycles. The number of aryl methyl sites for hydroxylation is 1. The lowest BCUT2D eigenvalue weighted by Gasteiger charge is -2.07. The minimum Gasteiger partial charge on any atom is -0.394 e. The molecular formula is C12H16Cl2O2. The van der Waals surface area contributed by atoms with Gasteiger partial charge in [0.1, 0.15) is 0 Å². The Hall–Kier alpha value is -0.280. The Morgan fingerprint density at radius 1 is 1.19 bits per heavy atom. The van der Waals surface area contributed by atoms with E-state index in [-0.39, 0.29) is 6.61 Å². The van der Waals surface area contributed by atoms with Crippen LogP contribution in [0.5, 0.6) is 0 Å². The average molecular weight is 263 g/mol. The van der Waals surface area contributed by atoms with E-state index in [1.54, 1.807) is 6.07 Å². The highest BCUT2D eigenvalue weighted by atomic mass is 35.5. The van der Waals surface area contributed by atoms with Crippen molar-refractivity contribution in [2.75, 3.05) is 6.61 Å². The normalized spacial score (nSPS) is 12.8. The fraction of sp³-hybridized carbons (Fsp3) is 0.500. The van der Waals surface area contributed by atoms with E-state index < -0.39 is 6.10 Å². The van der Waals surface area contributed by atoms with Crippen molar-refractivity contribution in [3.8, 4) is 0 Å². The molecule has 0 saturated carbocycles. The van der Waals surface area contributed by atoms with Crippen LogP contribution >= 0.6 is 23.2 Å². The number of aliphatic hydroxyl groups excluding tert-OH is 2. The van der Waals surface area contributed by atoms with Crippen LogP contribution in [-0.2, 0) is 6.42 Å². The molecule has 0 fully saturated rings. The lowest BCUT2D eigenvalue weighted by atomic mass is 10.1. The zero-order valence-corrected chi connectivity index (χ0v) is 10.5. The SMILES string of the molecule is OC[C@H](O)CCCCc1ccc(Cl)cc1Cl. The van der Waals surface area contributed by atoms with Gasteiger partial charge in [-0.25, -0.2) is 0 Å². The van der Waals surface area contributed by atoms with E-state index in [0.29, 0.717) is 16.5 Å². The second-order valence-corrected chi connectivity index (χ2v) is 4.66. The Morgan fingerprint density at radius 3 is 2.56 bits per heavy atom. The molecule has 0 spiro atoms. The maximum absolute atomic E-state index is 9.15. The zero-order valence-electron chi connectivity index (χ0n) is 9.00. The van der Waals surface area contributed by atoms with Gasteiger partial charge in [0.15, 0.2) is 0 Å². The van der Waals surface area contributed by atoms with E-state index in [1.165, 1.54) is 0 Å². The monoisotopic (exact) mass is 262 g/mol. The van der Waals surface area contributed by atoms with E-state index in [4.69, 9.17) is 33.4 Å². The molecule has 16 heavy (non-hydrogen) atoms. The number of hydrogen-bond donors (Lipinski definition) is 2. The van der Waals surface area contributed by atoms with Crippen LogP contribution < -0.4 is 0 Å². The fourth-order valence-electron chi connectivity index (χ4n) is 1.51. The van der Waals surface area contributed by atoms with Gasteiger partial charge in [0.05, 0.1) is 12.7 Å². The van der Waals surface area contributed by atoms with Crippen LogP contribution in [0.4, 0.5) is 0 Å². The molecule has 0 bridgehead atoms. The number of rotatable bonds is 6. The Kier molecular flexibility index (Phi) is 6.14. The first-order chi connectivity index (χ1) is 7.63. The van der Waals surface area contributed by atoms with Gasteiger partial charge in [-0.05, 0) is 37.0 Å². The van der Waals surface area contributed by atoms with Crippen molar-refractivity contribution in [2.24, 2.45) is 0 Å². The topological polar surface area (TPSA) is 40.5 Å². The highest BCUT2D eigenvalue weighted by Crippen LogP contribution is 2.22. The second kappa shape index (κ2) is 7.13. The molecular weight excluding hydrogens is 247 g/mol. The van der Waals surface area contributed by atoms with E-state index in [2.05, 4.69) is 0 Å². The summed E-state index contributed by atoms with van der Waals surface area (Å²) in [5, 5.41) is 19.1. The molecule has 2 N–H and O–H groups in total. The van der Waals surface area contributed by atoms with E-state index in [0.717, 1.165) is 24.8 Å². The summed E-state index contributed by atoms with van der Waals surface area (Å²) in [6.45, 7) is -0.165. The van der Waals surface area contributed by atoms with Crippen LogP contribution in [-0.4, -0.2) is 22.9 Å². The summed E-state index contributed by atoms with van der Waals surface area (Å²) < 4.78 is 0. The summed E-state index contributed by atoms with van der Waals surface area (Å²) in [5.74, 6) is 0. The summed E-state index contributed by atoms with van der Waals surface area (Å²) in [7, 11) is 0. The third kappa shape index (κ3) is 4.71. The Labute approximate surface area is 106 Å². The van der Waals surface area contributed by atoms with Gasteiger partial charge in [0.25, 0.3) is 0 Å². The van der Waals surface area contributed by atoms with Gasteiger partial charge in [-0.1, -0.05) is 35.7 Å². The van der Waals surface area contributed by atoms with Crippen LogP contribution in [0.3, 0.4) is 0 Å². The first-order valence-electron chi connectivity index (χ1n) is 5.36. The zero-order chi connectivity index (χ0) is 12.0. The lowest BCUT2D eigenvalue weighted by Crippen LogP contribution is -2.11. The number of halogens is 2. The largest absolute Gasteiger partial charge is 0.394 e. The molecule has 0 heterocycles. The van der Waals surface area contributed by atoms with Crippen molar-refractivity contribution in [1.29, 1.82) is 0 Å². The molecule has 0 unspecified atom stereocenters. The van der Waals surface area contributed by atoms with Crippen molar-refractivity contribution >= 4 is 23.2 Å². The van der Waals surface area contributed by atoms with Crippen LogP contribution in [0.1, 0.15) is 24.8 Å². The van der Waals surface area contributed by atoms with Gasteiger partial charge in [-0.3, -0.25) is 0 Å². The average Bonchev–Trinajstić information content (AvgIpc) is 2.26. The first-order valence-corrected chi connectivity index (χ1v) is 6.12. The van der Waals surface area contributed by atoms with Gasteiger partial charge in [-0.15, -0.1) is 0 Å². The summed E-state index contributed by atoms with van der Waals surface area (Å²) in [6.07, 6.45) is 2.72. The van der Waals surface area contributed by atoms with Gasteiger partial charge in [-0.2, -0.15) is 0 Å². The molecule has 0 radical (unpaired) electrons. The molecule has 0 aliphatic carbocycles. The maximum Gasteiger partial charge on any atom is 0.0770 e. The van der Waals surface area contributed by atoms with E-state index in [9.17, 15) is 0 Å². The van der Waals surface area contributed by atoms with Crippen LogP contribution in [0.15, 0.2) is 18.2 Å². The number of hydrogen-bond acceptors (Lipinski definition) is 2. The molecule has 1 aromatic carbocycles. The molecule has 4 heteroatoms. The molecule has 0 amide bonds. The van der Waals surface area contributed by atoms with Crippen molar-refractivity contribution < 1.29 is 10.2 Å². The van der Waals surface area contributed by atoms with Gasteiger partial charge >= 0.3 is 0 Å². The summed E-state index contributed by atoms with van der Waals surface area (Å²) >= 11 is 11.8. The Morgan fingerprint density at radius 2 is 1.94 bits per heavy atom. The minimum atomic E-state index is -0.597. The van der Waals surface area contributed by atoms with Crippen LogP contribution in [0, 0.1) is 0 Å². The molecule has 90 valence electrons. The molecule has 1 aromatic rings. The van der Waals surface area contributed by atoms with E-state index in [1.807, 2.05) is 12.1 Å². The van der Waals surface area contributed by atoms with Crippen molar-refractivity contribution in [2.45, 2.75) is 31.8 Å². The molecule has 1 atom stereocenters. The molecule has 0 aromatic heterocycles. The number of benzene rings is 1. The van der Waals surface area contributed by atoms with Crippen molar-refractivity contribution in [3.63, 3.8) is 0 Å². The van der Waals surface area contributed by atoms with Gasteiger partial charge in [0, 0.05) is 10.0 Å². The van der Waals surface area contributed by atoms with Crippen molar-refractivity contribution in [3.05, 3.63) is 33.8 Å². The minimum absolute atomic E-state index is 0.165. The quantitative estimate of drug-likeness (QED) is 0.774. The smallest absolute Gasteiger partial charge is 0.0770 e. The Balaban J connectivity index is 2.32. The maximum atomic E-state index is 9.15. The third-order valence-electron chi connectivity index (χ3n) is 2.46. The highest BCUT2D eigenvalue weighted by molar-refractivity contribution is 6.35.